The van der Waals surface area contributed by atoms with E-state index >= 15 is 0 Å². The first-order valence-electron chi connectivity index (χ1n) is 8.07. The zero-order chi connectivity index (χ0) is 15.8. The van der Waals surface area contributed by atoms with Crippen LogP contribution in [0.1, 0.15) is 23.1 Å². The molecule has 8 heteroatoms. The average molecular weight is 383 g/mol. The van der Waals surface area contributed by atoms with Crippen molar-refractivity contribution in [1.82, 2.24) is 29.2 Å². The van der Waals surface area contributed by atoms with Crippen LogP contribution in [0.4, 0.5) is 0 Å². The van der Waals surface area contributed by atoms with Gasteiger partial charge in [-0.2, -0.15) is 0 Å². The van der Waals surface area contributed by atoms with Crippen LogP contribution in [0, 0.1) is 6.92 Å². The van der Waals surface area contributed by atoms with E-state index in [4.69, 9.17) is 4.98 Å². The van der Waals surface area contributed by atoms with Crippen LogP contribution in [0.25, 0.3) is 5.65 Å². The topological polar surface area (TPSA) is 50.4 Å². The summed E-state index contributed by atoms with van der Waals surface area (Å²) >= 11 is 0. The van der Waals surface area contributed by atoms with E-state index in [9.17, 15) is 0 Å². The van der Waals surface area contributed by atoms with Crippen LogP contribution in [0.3, 0.4) is 0 Å². The number of pyridine rings is 1. The molecule has 0 bridgehead atoms. The molecule has 3 aromatic rings. The number of aromatic nitrogens is 4. The van der Waals surface area contributed by atoms with Crippen LogP contribution >= 0.6 is 24.8 Å². The Balaban J connectivity index is 0.00000113. The predicted molar refractivity (Wildman–Crippen MR) is 104 cm³/mol. The van der Waals surface area contributed by atoms with Crippen molar-refractivity contribution in [2.75, 3.05) is 19.6 Å². The van der Waals surface area contributed by atoms with Crippen molar-refractivity contribution in [2.45, 2.75) is 19.5 Å². The van der Waals surface area contributed by atoms with Crippen LogP contribution in [0.5, 0.6) is 0 Å². The smallest absolute Gasteiger partial charge is 0.137 e. The van der Waals surface area contributed by atoms with E-state index in [-0.39, 0.29) is 30.9 Å². The van der Waals surface area contributed by atoms with Gasteiger partial charge in [-0.05, 0) is 18.6 Å². The van der Waals surface area contributed by atoms with Crippen molar-refractivity contribution < 1.29 is 0 Å². The molecule has 4 heterocycles. The van der Waals surface area contributed by atoms with Gasteiger partial charge in [0.25, 0.3) is 0 Å². The first-order valence-corrected chi connectivity index (χ1v) is 8.07. The number of rotatable bonds is 3. The maximum absolute atomic E-state index is 4.76. The predicted octanol–water partition coefficient (Wildman–Crippen LogP) is 2.37. The SMILES string of the molecule is Cc1ccc2nc(CN3CCNCC3c3nccn3C)cn2c1.Cl.Cl. The third-order valence-electron chi connectivity index (χ3n) is 4.52. The Morgan fingerprint density at radius 2 is 2.08 bits per heavy atom. The maximum Gasteiger partial charge on any atom is 0.137 e. The van der Waals surface area contributed by atoms with Gasteiger partial charge in [0.15, 0.2) is 0 Å². The molecule has 0 aromatic carbocycles. The summed E-state index contributed by atoms with van der Waals surface area (Å²) in [4.78, 5) is 11.8. The Morgan fingerprint density at radius 1 is 1.24 bits per heavy atom. The molecule has 0 saturated carbocycles. The first-order chi connectivity index (χ1) is 11.2. The number of aryl methyl sites for hydroxylation is 2. The van der Waals surface area contributed by atoms with Crippen molar-refractivity contribution in [1.29, 1.82) is 0 Å². The van der Waals surface area contributed by atoms with Crippen molar-refractivity contribution in [3.05, 3.63) is 54.0 Å². The second-order valence-corrected chi connectivity index (χ2v) is 6.29. The number of imidazole rings is 2. The molecule has 0 amide bonds. The summed E-state index contributed by atoms with van der Waals surface area (Å²) in [5, 5.41) is 3.48. The molecule has 136 valence electrons. The second-order valence-electron chi connectivity index (χ2n) is 6.29. The van der Waals surface area contributed by atoms with Crippen LogP contribution in [0.15, 0.2) is 36.9 Å². The third kappa shape index (κ3) is 3.98. The Hall–Kier alpha value is -1.60. The average Bonchev–Trinajstić information content (AvgIpc) is 3.13. The largest absolute Gasteiger partial charge is 0.337 e. The third-order valence-corrected chi connectivity index (χ3v) is 4.52. The maximum atomic E-state index is 4.76. The van der Waals surface area contributed by atoms with Crippen molar-refractivity contribution in [3.8, 4) is 0 Å². The van der Waals surface area contributed by atoms with E-state index in [0.29, 0.717) is 0 Å². The summed E-state index contributed by atoms with van der Waals surface area (Å²) in [7, 11) is 2.06. The van der Waals surface area contributed by atoms with Gasteiger partial charge in [-0.25, -0.2) is 9.97 Å². The summed E-state index contributed by atoms with van der Waals surface area (Å²) in [6, 6.07) is 4.47. The van der Waals surface area contributed by atoms with Crippen LogP contribution in [-0.2, 0) is 13.6 Å². The fourth-order valence-electron chi connectivity index (χ4n) is 3.33. The summed E-state index contributed by atoms with van der Waals surface area (Å²) < 4.78 is 4.22. The highest BCUT2D eigenvalue weighted by atomic mass is 35.5. The van der Waals surface area contributed by atoms with E-state index in [0.717, 1.165) is 43.3 Å². The van der Waals surface area contributed by atoms with Gasteiger partial charge in [-0.1, -0.05) is 6.07 Å². The van der Waals surface area contributed by atoms with Gasteiger partial charge in [-0.3, -0.25) is 4.90 Å². The molecular formula is C17H24Cl2N6. The van der Waals surface area contributed by atoms with Crippen LogP contribution in [-0.4, -0.2) is 43.5 Å². The molecule has 1 saturated heterocycles. The highest BCUT2D eigenvalue weighted by Gasteiger charge is 2.27. The number of hydrogen-bond acceptors (Lipinski definition) is 4. The normalized spacial score (nSPS) is 17.9. The van der Waals surface area contributed by atoms with Crippen molar-refractivity contribution in [2.24, 2.45) is 7.05 Å². The minimum Gasteiger partial charge on any atom is -0.337 e. The van der Waals surface area contributed by atoms with Gasteiger partial charge < -0.3 is 14.3 Å². The summed E-state index contributed by atoms with van der Waals surface area (Å²) in [5.41, 5.74) is 3.36. The van der Waals surface area contributed by atoms with Gasteiger partial charge in [0.1, 0.15) is 11.5 Å². The molecule has 0 radical (unpaired) electrons. The number of halogens is 2. The molecule has 1 aliphatic heterocycles. The number of piperazine rings is 1. The quantitative estimate of drug-likeness (QED) is 0.755. The number of nitrogens with zero attached hydrogens (tertiary/aromatic N) is 5. The lowest BCUT2D eigenvalue weighted by atomic mass is 10.1. The fourth-order valence-corrected chi connectivity index (χ4v) is 3.33. The van der Waals surface area contributed by atoms with Gasteiger partial charge in [0.2, 0.25) is 0 Å². The molecule has 0 spiro atoms. The van der Waals surface area contributed by atoms with Crippen LogP contribution < -0.4 is 5.32 Å². The van der Waals surface area contributed by atoms with Crippen molar-refractivity contribution in [3.63, 3.8) is 0 Å². The Kier molecular flexibility index (Phi) is 6.46. The molecule has 3 aromatic heterocycles. The molecule has 1 fully saturated rings. The van der Waals surface area contributed by atoms with E-state index in [2.05, 4.69) is 62.7 Å². The molecule has 1 N–H and O–H groups in total. The molecule has 1 atom stereocenters. The minimum absolute atomic E-state index is 0. The van der Waals surface area contributed by atoms with Gasteiger partial charge >= 0.3 is 0 Å². The molecule has 0 aliphatic carbocycles. The van der Waals surface area contributed by atoms with Crippen molar-refractivity contribution >= 4 is 30.5 Å². The lowest BCUT2D eigenvalue weighted by molar-refractivity contribution is 0.143. The molecule has 25 heavy (non-hydrogen) atoms. The fraction of sp³-hybridized carbons (Fsp3) is 0.412. The second kappa shape index (κ2) is 8.19. The zero-order valence-corrected chi connectivity index (χ0v) is 16.1. The first kappa shape index (κ1) is 19.7. The Bertz CT molecular complexity index is 828. The highest BCUT2D eigenvalue weighted by molar-refractivity contribution is 5.85. The number of fused-ring (bicyclic) bond motifs is 1. The number of nitrogens with one attached hydrogen (secondary N) is 1. The van der Waals surface area contributed by atoms with E-state index in [1.54, 1.807) is 0 Å². The van der Waals surface area contributed by atoms with Gasteiger partial charge in [-0.15, -0.1) is 24.8 Å². The standard InChI is InChI=1S/C17H22N6.2ClH/c1-13-3-4-16-20-14(12-23(16)10-13)11-22-8-5-18-9-15(22)17-19-6-7-21(17)2;;/h3-4,6-7,10,12,15,18H,5,8-9,11H2,1-2H3;2*1H. The summed E-state index contributed by atoms with van der Waals surface area (Å²) in [6.45, 7) is 5.89. The summed E-state index contributed by atoms with van der Waals surface area (Å²) in [5.74, 6) is 1.11. The zero-order valence-electron chi connectivity index (χ0n) is 14.4. The van der Waals surface area contributed by atoms with Gasteiger partial charge in [0, 0.05) is 58.0 Å². The number of hydrogen-bond donors (Lipinski definition) is 1. The lowest BCUT2D eigenvalue weighted by Gasteiger charge is -2.35. The molecular weight excluding hydrogens is 359 g/mol. The summed E-state index contributed by atoms with van der Waals surface area (Å²) in [6.07, 6.45) is 8.14. The molecule has 6 nitrogen and oxygen atoms in total. The minimum atomic E-state index is 0. The molecule has 1 aliphatic rings. The van der Waals surface area contributed by atoms with Crippen LogP contribution in [0.2, 0.25) is 0 Å². The van der Waals surface area contributed by atoms with Gasteiger partial charge in [0.05, 0.1) is 11.7 Å². The van der Waals surface area contributed by atoms with E-state index in [1.165, 1.54) is 5.56 Å². The monoisotopic (exact) mass is 382 g/mol. The molecule has 1 unspecified atom stereocenters. The highest BCUT2D eigenvalue weighted by Crippen LogP contribution is 2.22. The Morgan fingerprint density at radius 3 is 2.84 bits per heavy atom. The lowest BCUT2D eigenvalue weighted by Crippen LogP contribution is -2.46. The Labute approximate surface area is 160 Å². The van der Waals surface area contributed by atoms with E-state index < -0.39 is 0 Å². The molecule has 4 rings (SSSR count). The van der Waals surface area contributed by atoms with E-state index in [1.807, 2.05) is 12.4 Å².